The predicted molar refractivity (Wildman–Crippen MR) is 73.0 cm³/mol. The van der Waals surface area contributed by atoms with Gasteiger partial charge >= 0.3 is 0 Å². The van der Waals surface area contributed by atoms with Gasteiger partial charge in [0, 0.05) is 26.2 Å². The van der Waals surface area contributed by atoms with Gasteiger partial charge in [-0.1, -0.05) is 6.92 Å². The van der Waals surface area contributed by atoms with E-state index in [-0.39, 0.29) is 18.6 Å². The van der Waals surface area contributed by atoms with Gasteiger partial charge in [0.2, 0.25) is 5.91 Å². The van der Waals surface area contributed by atoms with E-state index in [1.807, 2.05) is 31.9 Å². The van der Waals surface area contributed by atoms with Crippen molar-refractivity contribution in [2.75, 3.05) is 31.1 Å². The van der Waals surface area contributed by atoms with Crippen LogP contribution in [-0.2, 0) is 11.8 Å². The number of aliphatic hydroxyl groups excluding tert-OH is 1. The highest BCUT2D eigenvalue weighted by molar-refractivity contribution is 5.98. The van der Waals surface area contributed by atoms with Crippen LogP contribution in [0.15, 0.2) is 6.07 Å². The normalized spacial score (nSPS) is 19.7. The second-order valence-electron chi connectivity index (χ2n) is 4.91. The van der Waals surface area contributed by atoms with Gasteiger partial charge in [-0.15, -0.1) is 0 Å². The van der Waals surface area contributed by atoms with Crippen molar-refractivity contribution in [2.24, 2.45) is 7.05 Å². The maximum Gasteiger partial charge on any atom is 0.245 e. The molecular formula is C13H22N4O2. The maximum atomic E-state index is 12.5. The Morgan fingerprint density at radius 2 is 2.32 bits per heavy atom. The second kappa shape index (κ2) is 5.71. The van der Waals surface area contributed by atoms with Crippen molar-refractivity contribution in [1.29, 1.82) is 0 Å². The van der Waals surface area contributed by atoms with Crippen LogP contribution in [-0.4, -0.2) is 58.0 Å². The molecule has 1 fully saturated rings. The summed E-state index contributed by atoms with van der Waals surface area (Å²) in [5, 5.41) is 13.3. The van der Waals surface area contributed by atoms with E-state index in [0.717, 1.165) is 24.5 Å². The molecule has 0 saturated carbocycles. The summed E-state index contributed by atoms with van der Waals surface area (Å²) in [6.45, 7) is 6.05. The number of aliphatic hydroxyl groups is 1. The molecule has 0 aliphatic carbocycles. The van der Waals surface area contributed by atoms with Gasteiger partial charge in [-0.2, -0.15) is 5.10 Å². The number of aromatic nitrogens is 2. The molecule has 106 valence electrons. The van der Waals surface area contributed by atoms with Crippen LogP contribution in [0.1, 0.15) is 19.0 Å². The Kier molecular flexibility index (Phi) is 4.21. The minimum Gasteiger partial charge on any atom is -0.395 e. The van der Waals surface area contributed by atoms with Crippen molar-refractivity contribution in [3.05, 3.63) is 11.8 Å². The zero-order valence-electron chi connectivity index (χ0n) is 11.8. The van der Waals surface area contributed by atoms with Crippen LogP contribution >= 0.6 is 0 Å². The molecule has 0 aromatic carbocycles. The van der Waals surface area contributed by atoms with Gasteiger partial charge in [0.25, 0.3) is 0 Å². The smallest absolute Gasteiger partial charge is 0.245 e. The molecule has 2 heterocycles. The van der Waals surface area contributed by atoms with E-state index in [1.165, 1.54) is 0 Å². The molecule has 6 heteroatoms. The van der Waals surface area contributed by atoms with Crippen molar-refractivity contribution >= 4 is 11.7 Å². The first-order valence-corrected chi connectivity index (χ1v) is 6.75. The molecule has 1 aliphatic rings. The number of carbonyl (C=O) groups is 1. The fraction of sp³-hybridized carbons (Fsp3) is 0.692. The predicted octanol–water partition coefficient (Wildman–Crippen LogP) is 0.148. The molecule has 1 amide bonds. The molecule has 6 nitrogen and oxygen atoms in total. The fourth-order valence-corrected chi connectivity index (χ4v) is 2.74. The molecule has 19 heavy (non-hydrogen) atoms. The number of aryl methyl sites for hydroxylation is 2. The fourth-order valence-electron chi connectivity index (χ4n) is 2.74. The third-order valence-corrected chi connectivity index (χ3v) is 3.67. The maximum absolute atomic E-state index is 12.5. The number of nitrogens with zero attached hydrogens (tertiary/aromatic N) is 4. The number of carbonyl (C=O) groups excluding carboxylic acids is 1. The van der Waals surface area contributed by atoms with Crippen LogP contribution in [0.2, 0.25) is 0 Å². The summed E-state index contributed by atoms with van der Waals surface area (Å²) in [6.07, 6.45) is 0.802. The van der Waals surface area contributed by atoms with E-state index in [4.69, 9.17) is 5.11 Å². The van der Waals surface area contributed by atoms with E-state index in [1.54, 1.807) is 9.58 Å². The summed E-state index contributed by atoms with van der Waals surface area (Å²) in [7, 11) is 1.86. The first-order valence-electron chi connectivity index (χ1n) is 6.75. The van der Waals surface area contributed by atoms with Gasteiger partial charge in [-0.05, 0) is 19.9 Å². The van der Waals surface area contributed by atoms with Gasteiger partial charge in [0.05, 0.1) is 18.3 Å². The summed E-state index contributed by atoms with van der Waals surface area (Å²) >= 11 is 0. The topological polar surface area (TPSA) is 61.6 Å². The largest absolute Gasteiger partial charge is 0.395 e. The van der Waals surface area contributed by atoms with Crippen LogP contribution in [0.5, 0.6) is 0 Å². The quantitative estimate of drug-likeness (QED) is 0.824. The molecule has 0 spiro atoms. The van der Waals surface area contributed by atoms with Crippen molar-refractivity contribution in [2.45, 2.75) is 26.3 Å². The highest BCUT2D eigenvalue weighted by Gasteiger charge is 2.37. The van der Waals surface area contributed by atoms with Crippen LogP contribution in [0.4, 0.5) is 5.82 Å². The Morgan fingerprint density at radius 3 is 2.84 bits per heavy atom. The highest BCUT2D eigenvalue weighted by atomic mass is 16.3. The van der Waals surface area contributed by atoms with Gasteiger partial charge in [0.15, 0.2) is 0 Å². The lowest BCUT2D eigenvalue weighted by molar-refractivity contribution is -0.121. The number of rotatable bonds is 5. The van der Waals surface area contributed by atoms with Gasteiger partial charge < -0.3 is 5.11 Å². The number of hydrogen-bond acceptors (Lipinski definition) is 4. The molecule has 0 radical (unpaired) electrons. The molecular weight excluding hydrogens is 244 g/mol. The lowest BCUT2D eigenvalue weighted by atomic mass is 10.2. The van der Waals surface area contributed by atoms with E-state index in [2.05, 4.69) is 5.10 Å². The van der Waals surface area contributed by atoms with Crippen molar-refractivity contribution in [3.63, 3.8) is 0 Å². The Bertz CT molecular complexity index is 457. The summed E-state index contributed by atoms with van der Waals surface area (Å²) in [5.74, 6) is 0.961. The number of likely N-dealkylation sites (N-methyl/N-ethyl adjacent to an activating group) is 1. The SMILES string of the molecule is CCN(CCO)C1CCN(c2cc(C)nn2C)C1=O. The number of hydrogen-bond donors (Lipinski definition) is 1. The molecule has 1 aromatic rings. The van der Waals surface area contributed by atoms with Gasteiger partial charge in [-0.3, -0.25) is 19.3 Å². The number of amides is 1. The van der Waals surface area contributed by atoms with Gasteiger partial charge in [0.1, 0.15) is 5.82 Å². The lowest BCUT2D eigenvalue weighted by Crippen LogP contribution is -2.43. The molecule has 1 atom stereocenters. The molecule has 2 rings (SSSR count). The average molecular weight is 266 g/mol. The van der Waals surface area contributed by atoms with E-state index in [9.17, 15) is 4.79 Å². The van der Waals surface area contributed by atoms with Crippen molar-refractivity contribution < 1.29 is 9.90 Å². The third-order valence-electron chi connectivity index (χ3n) is 3.67. The lowest BCUT2D eigenvalue weighted by Gasteiger charge is -2.25. The minimum atomic E-state index is -0.118. The van der Waals surface area contributed by atoms with Crippen molar-refractivity contribution in [3.8, 4) is 0 Å². The third kappa shape index (κ3) is 2.64. The first-order chi connectivity index (χ1) is 9.08. The Balaban J connectivity index is 2.15. The van der Waals surface area contributed by atoms with Crippen LogP contribution in [0.3, 0.4) is 0 Å². The molecule has 1 aliphatic heterocycles. The monoisotopic (exact) mass is 266 g/mol. The first kappa shape index (κ1) is 14.0. The highest BCUT2D eigenvalue weighted by Crippen LogP contribution is 2.24. The number of anilines is 1. The summed E-state index contributed by atoms with van der Waals surface area (Å²) in [6, 6.07) is 1.81. The van der Waals surface area contributed by atoms with Crippen LogP contribution < -0.4 is 4.90 Å². The summed E-state index contributed by atoms with van der Waals surface area (Å²) < 4.78 is 1.75. The average Bonchev–Trinajstić information content (AvgIpc) is 2.89. The van der Waals surface area contributed by atoms with E-state index < -0.39 is 0 Å². The standard InChI is InChI=1S/C13H22N4O2/c1-4-16(7-8-18)11-5-6-17(13(11)19)12-9-10(2)14-15(12)3/h9,11,18H,4-8H2,1-3H3. The van der Waals surface area contributed by atoms with Crippen LogP contribution in [0.25, 0.3) is 0 Å². The molecule has 1 N–H and O–H groups in total. The Labute approximate surface area is 113 Å². The molecule has 1 unspecified atom stereocenters. The summed E-state index contributed by atoms with van der Waals surface area (Å²) in [5.41, 5.74) is 0.913. The molecule has 0 bridgehead atoms. The Morgan fingerprint density at radius 1 is 1.58 bits per heavy atom. The van der Waals surface area contributed by atoms with Crippen LogP contribution in [0, 0.1) is 6.92 Å². The van der Waals surface area contributed by atoms with E-state index >= 15 is 0 Å². The second-order valence-corrected chi connectivity index (χ2v) is 4.91. The molecule has 1 aromatic heterocycles. The minimum absolute atomic E-state index is 0.0858. The zero-order chi connectivity index (χ0) is 14.0. The summed E-state index contributed by atoms with van der Waals surface area (Å²) in [4.78, 5) is 16.3. The zero-order valence-corrected chi connectivity index (χ0v) is 11.8. The van der Waals surface area contributed by atoms with Gasteiger partial charge in [-0.25, -0.2) is 0 Å². The Hall–Kier alpha value is -1.40. The molecule has 1 saturated heterocycles. The van der Waals surface area contributed by atoms with Crippen molar-refractivity contribution in [1.82, 2.24) is 14.7 Å². The van der Waals surface area contributed by atoms with E-state index in [0.29, 0.717) is 13.1 Å².